The molecular weight excluding hydrogens is 310 g/mol. The number of piperidine rings is 1. The molecule has 1 aromatic rings. The average molecular weight is 335 g/mol. The summed E-state index contributed by atoms with van der Waals surface area (Å²) in [6.07, 6.45) is 2.76. The molecule has 7 nitrogen and oxygen atoms in total. The second kappa shape index (κ2) is 9.22. The molecule has 1 saturated heterocycles. The Balaban J connectivity index is 1.73. The molecule has 0 bridgehead atoms. The molecular formula is C17H25N3O4. The predicted molar refractivity (Wildman–Crippen MR) is 91.0 cm³/mol. The summed E-state index contributed by atoms with van der Waals surface area (Å²) in [6.45, 7) is 5.44. The van der Waals surface area contributed by atoms with Gasteiger partial charge in [0.15, 0.2) is 0 Å². The number of nitrogens with zero attached hydrogens (tertiary/aromatic N) is 2. The van der Waals surface area contributed by atoms with Crippen LogP contribution >= 0.6 is 0 Å². The van der Waals surface area contributed by atoms with Crippen LogP contribution < -0.4 is 5.32 Å². The number of amides is 2. The van der Waals surface area contributed by atoms with Crippen LogP contribution in [-0.2, 0) is 11.2 Å². The Morgan fingerprint density at radius 3 is 2.83 bits per heavy atom. The molecule has 1 N–H and O–H groups in total. The lowest BCUT2D eigenvalue weighted by Gasteiger charge is -2.32. The topological polar surface area (TPSA) is 84.7 Å². The zero-order chi connectivity index (χ0) is 17.4. The smallest absolute Gasteiger partial charge is 0.317 e. The summed E-state index contributed by atoms with van der Waals surface area (Å²) in [6, 6.07) is 6.38. The van der Waals surface area contributed by atoms with Gasteiger partial charge in [-0.25, -0.2) is 4.79 Å². The van der Waals surface area contributed by atoms with Gasteiger partial charge in [-0.3, -0.25) is 10.1 Å². The first kappa shape index (κ1) is 18.2. The van der Waals surface area contributed by atoms with Gasteiger partial charge in [0.05, 0.1) is 11.5 Å². The van der Waals surface area contributed by atoms with Crippen molar-refractivity contribution in [1.82, 2.24) is 10.2 Å². The zero-order valence-electron chi connectivity index (χ0n) is 14.1. The average Bonchev–Trinajstić information content (AvgIpc) is 2.60. The van der Waals surface area contributed by atoms with Gasteiger partial charge in [-0.2, -0.15) is 0 Å². The maximum Gasteiger partial charge on any atom is 0.317 e. The Labute approximate surface area is 142 Å². The Bertz CT molecular complexity index is 547. The molecule has 0 unspecified atom stereocenters. The summed E-state index contributed by atoms with van der Waals surface area (Å²) in [5, 5.41) is 13.5. The van der Waals surface area contributed by atoms with Crippen molar-refractivity contribution in [3.05, 3.63) is 39.9 Å². The SMILES string of the molecule is CCOC[C@H]1CCCN(C(=O)NCCc2ccc([N+](=O)[O-])cc2)C1. The summed E-state index contributed by atoms with van der Waals surface area (Å²) in [5.74, 6) is 0.416. The van der Waals surface area contributed by atoms with Crippen LogP contribution in [-0.4, -0.2) is 48.7 Å². The first-order valence-corrected chi connectivity index (χ1v) is 8.44. The van der Waals surface area contributed by atoms with Crippen molar-refractivity contribution in [2.24, 2.45) is 5.92 Å². The molecule has 1 heterocycles. The van der Waals surface area contributed by atoms with E-state index in [1.165, 1.54) is 12.1 Å². The van der Waals surface area contributed by atoms with E-state index in [0.717, 1.165) is 31.5 Å². The Hall–Kier alpha value is -2.15. The van der Waals surface area contributed by atoms with E-state index in [4.69, 9.17) is 4.74 Å². The number of ether oxygens (including phenoxy) is 1. The molecule has 1 aliphatic heterocycles. The van der Waals surface area contributed by atoms with Crippen LogP contribution in [0.4, 0.5) is 10.5 Å². The standard InChI is InChI=1S/C17H25N3O4/c1-2-24-13-15-4-3-11-19(12-15)17(21)18-10-9-14-5-7-16(8-6-14)20(22)23/h5-8,15H,2-4,9-13H2,1H3,(H,18,21)/t15-/m0/s1. The van der Waals surface area contributed by atoms with Crippen molar-refractivity contribution in [3.63, 3.8) is 0 Å². The molecule has 1 atom stereocenters. The van der Waals surface area contributed by atoms with E-state index in [2.05, 4.69) is 5.32 Å². The number of urea groups is 1. The van der Waals surface area contributed by atoms with Crippen LogP contribution in [0.2, 0.25) is 0 Å². The monoisotopic (exact) mass is 335 g/mol. The van der Waals surface area contributed by atoms with E-state index in [-0.39, 0.29) is 11.7 Å². The number of nitro benzene ring substituents is 1. The van der Waals surface area contributed by atoms with Crippen LogP contribution in [0.25, 0.3) is 0 Å². The van der Waals surface area contributed by atoms with E-state index in [1.807, 2.05) is 11.8 Å². The summed E-state index contributed by atoms with van der Waals surface area (Å²) >= 11 is 0. The fourth-order valence-corrected chi connectivity index (χ4v) is 2.88. The fraction of sp³-hybridized carbons (Fsp3) is 0.588. The zero-order valence-corrected chi connectivity index (χ0v) is 14.1. The molecule has 0 spiro atoms. The lowest BCUT2D eigenvalue weighted by molar-refractivity contribution is -0.384. The largest absolute Gasteiger partial charge is 0.381 e. The number of rotatable bonds is 7. The van der Waals surface area contributed by atoms with Crippen molar-refractivity contribution in [2.45, 2.75) is 26.2 Å². The van der Waals surface area contributed by atoms with Gasteiger partial charge in [0.1, 0.15) is 0 Å². The number of likely N-dealkylation sites (tertiary alicyclic amines) is 1. The third-order valence-electron chi connectivity index (χ3n) is 4.20. The fourth-order valence-electron chi connectivity index (χ4n) is 2.88. The Kier molecular flexibility index (Phi) is 6.99. The number of benzene rings is 1. The van der Waals surface area contributed by atoms with Crippen molar-refractivity contribution in [3.8, 4) is 0 Å². The number of nitro groups is 1. The number of hydrogen-bond donors (Lipinski definition) is 1. The van der Waals surface area contributed by atoms with E-state index < -0.39 is 4.92 Å². The van der Waals surface area contributed by atoms with E-state index in [0.29, 0.717) is 32.1 Å². The Morgan fingerprint density at radius 2 is 2.17 bits per heavy atom. The summed E-state index contributed by atoms with van der Waals surface area (Å²) in [5.41, 5.74) is 1.05. The van der Waals surface area contributed by atoms with Crippen LogP contribution in [0.15, 0.2) is 24.3 Å². The molecule has 7 heteroatoms. The number of carbonyl (C=O) groups excluding carboxylic acids is 1. The Morgan fingerprint density at radius 1 is 1.42 bits per heavy atom. The second-order valence-corrected chi connectivity index (χ2v) is 6.02. The van der Waals surface area contributed by atoms with E-state index >= 15 is 0 Å². The molecule has 1 aliphatic rings. The maximum absolute atomic E-state index is 12.2. The molecule has 1 fully saturated rings. The molecule has 2 amide bonds. The van der Waals surface area contributed by atoms with Gasteiger partial charge in [0, 0.05) is 44.3 Å². The van der Waals surface area contributed by atoms with Gasteiger partial charge >= 0.3 is 6.03 Å². The first-order valence-electron chi connectivity index (χ1n) is 8.44. The lowest BCUT2D eigenvalue weighted by Crippen LogP contribution is -2.46. The summed E-state index contributed by atoms with van der Waals surface area (Å²) < 4.78 is 5.46. The van der Waals surface area contributed by atoms with Crippen molar-refractivity contribution in [1.29, 1.82) is 0 Å². The molecule has 0 radical (unpaired) electrons. The first-order chi connectivity index (χ1) is 11.6. The molecule has 132 valence electrons. The van der Waals surface area contributed by atoms with Crippen molar-refractivity contribution in [2.75, 3.05) is 32.8 Å². The highest BCUT2D eigenvalue weighted by Crippen LogP contribution is 2.17. The highest BCUT2D eigenvalue weighted by Gasteiger charge is 2.23. The molecule has 0 aliphatic carbocycles. The predicted octanol–water partition coefficient (Wildman–Crippen LogP) is 2.60. The van der Waals surface area contributed by atoms with Gasteiger partial charge in [0.25, 0.3) is 5.69 Å². The molecule has 24 heavy (non-hydrogen) atoms. The molecule has 2 rings (SSSR count). The summed E-state index contributed by atoms with van der Waals surface area (Å²) in [4.78, 5) is 24.3. The van der Waals surface area contributed by atoms with Crippen molar-refractivity contribution >= 4 is 11.7 Å². The lowest BCUT2D eigenvalue weighted by atomic mass is 9.99. The highest BCUT2D eigenvalue weighted by atomic mass is 16.6. The molecule has 0 saturated carbocycles. The van der Waals surface area contributed by atoms with Gasteiger partial charge in [-0.15, -0.1) is 0 Å². The number of non-ortho nitro benzene ring substituents is 1. The number of carbonyl (C=O) groups is 1. The van der Waals surface area contributed by atoms with Gasteiger partial charge in [-0.05, 0) is 31.7 Å². The van der Waals surface area contributed by atoms with Crippen LogP contribution in [0, 0.1) is 16.0 Å². The minimum Gasteiger partial charge on any atom is -0.381 e. The third kappa shape index (κ3) is 5.49. The van der Waals surface area contributed by atoms with E-state index in [1.54, 1.807) is 12.1 Å². The maximum atomic E-state index is 12.2. The number of nitrogens with one attached hydrogen (secondary N) is 1. The van der Waals surface area contributed by atoms with Crippen LogP contribution in [0.3, 0.4) is 0 Å². The van der Waals surface area contributed by atoms with Crippen LogP contribution in [0.5, 0.6) is 0 Å². The van der Waals surface area contributed by atoms with Gasteiger partial charge < -0.3 is 15.0 Å². The molecule has 0 aromatic heterocycles. The molecule has 1 aromatic carbocycles. The minimum absolute atomic E-state index is 0.0434. The third-order valence-corrected chi connectivity index (χ3v) is 4.20. The minimum atomic E-state index is -0.416. The van der Waals surface area contributed by atoms with E-state index in [9.17, 15) is 14.9 Å². The number of hydrogen-bond acceptors (Lipinski definition) is 4. The second-order valence-electron chi connectivity index (χ2n) is 6.02. The van der Waals surface area contributed by atoms with Crippen LogP contribution in [0.1, 0.15) is 25.3 Å². The summed E-state index contributed by atoms with van der Waals surface area (Å²) in [7, 11) is 0. The quantitative estimate of drug-likeness (QED) is 0.613. The normalized spacial score (nSPS) is 17.5. The van der Waals surface area contributed by atoms with Gasteiger partial charge in [0.2, 0.25) is 0 Å². The van der Waals surface area contributed by atoms with Crippen molar-refractivity contribution < 1.29 is 14.5 Å². The van der Waals surface area contributed by atoms with Gasteiger partial charge in [-0.1, -0.05) is 12.1 Å². The highest BCUT2D eigenvalue weighted by molar-refractivity contribution is 5.74.